The summed E-state index contributed by atoms with van der Waals surface area (Å²) in [4.78, 5) is 4.75. The molecule has 0 spiro atoms. The fourth-order valence-electron chi connectivity index (χ4n) is 2.61. The van der Waals surface area contributed by atoms with E-state index in [1.54, 1.807) is 48.8 Å². The van der Waals surface area contributed by atoms with Crippen molar-refractivity contribution >= 4 is 23.0 Å². The van der Waals surface area contributed by atoms with Crippen LogP contribution in [-0.2, 0) is 0 Å². The minimum atomic E-state index is -0.813. The highest BCUT2D eigenvalue weighted by Gasteiger charge is 2.14. The first-order valence-corrected chi connectivity index (χ1v) is 9.02. The SMILES string of the molecule is N#CC(=C(N)Sc1ccccc1N)c1cccc(C(O)c2ccncc2)c1. The van der Waals surface area contributed by atoms with Crippen LogP contribution in [-0.4, -0.2) is 10.1 Å². The smallest absolute Gasteiger partial charge is 0.104 e. The second-order valence-corrected chi connectivity index (χ2v) is 6.88. The number of nitrogens with zero attached hydrogens (tertiary/aromatic N) is 2. The molecule has 2 aromatic carbocycles. The van der Waals surface area contributed by atoms with E-state index in [0.717, 1.165) is 10.5 Å². The van der Waals surface area contributed by atoms with Crippen molar-refractivity contribution in [2.75, 3.05) is 5.73 Å². The Morgan fingerprint density at radius 1 is 1.04 bits per heavy atom. The maximum atomic E-state index is 10.6. The van der Waals surface area contributed by atoms with E-state index in [2.05, 4.69) is 11.1 Å². The van der Waals surface area contributed by atoms with Crippen LogP contribution in [0.25, 0.3) is 5.57 Å². The summed E-state index contributed by atoms with van der Waals surface area (Å²) in [6.45, 7) is 0. The van der Waals surface area contributed by atoms with Crippen LogP contribution >= 0.6 is 11.8 Å². The van der Waals surface area contributed by atoms with Gasteiger partial charge in [-0.2, -0.15) is 5.26 Å². The number of nitrogen functional groups attached to an aromatic ring is 1. The number of para-hydroxylation sites is 1. The van der Waals surface area contributed by atoms with Gasteiger partial charge in [-0.25, -0.2) is 0 Å². The molecule has 3 aromatic rings. The van der Waals surface area contributed by atoms with Gasteiger partial charge in [0, 0.05) is 23.0 Å². The van der Waals surface area contributed by atoms with Crippen molar-refractivity contribution in [1.29, 1.82) is 5.26 Å². The Bertz CT molecular complexity index is 1010. The largest absolute Gasteiger partial charge is 0.398 e. The second kappa shape index (κ2) is 8.41. The third-order valence-corrected chi connectivity index (χ3v) is 5.03. The molecular formula is C21H18N4OS. The Hall–Kier alpha value is -3.27. The van der Waals surface area contributed by atoms with Crippen molar-refractivity contribution in [1.82, 2.24) is 4.98 Å². The van der Waals surface area contributed by atoms with E-state index in [1.807, 2.05) is 24.3 Å². The van der Waals surface area contributed by atoms with E-state index in [4.69, 9.17) is 11.5 Å². The first-order chi connectivity index (χ1) is 13.1. The zero-order valence-corrected chi connectivity index (χ0v) is 15.2. The van der Waals surface area contributed by atoms with E-state index < -0.39 is 6.10 Å². The predicted molar refractivity (Wildman–Crippen MR) is 108 cm³/mol. The van der Waals surface area contributed by atoms with Gasteiger partial charge in [0.1, 0.15) is 12.2 Å². The molecule has 0 saturated carbocycles. The molecule has 6 heteroatoms. The quantitative estimate of drug-likeness (QED) is 0.357. The summed E-state index contributed by atoms with van der Waals surface area (Å²) in [6.07, 6.45) is 2.44. The Morgan fingerprint density at radius 2 is 1.78 bits per heavy atom. The first-order valence-electron chi connectivity index (χ1n) is 8.20. The monoisotopic (exact) mass is 374 g/mol. The molecular weight excluding hydrogens is 356 g/mol. The molecule has 0 aliphatic heterocycles. The normalized spacial score (nSPS) is 12.7. The highest BCUT2D eigenvalue weighted by molar-refractivity contribution is 8.03. The molecule has 0 amide bonds. The van der Waals surface area contributed by atoms with Gasteiger partial charge in [0.05, 0.1) is 10.6 Å². The van der Waals surface area contributed by atoms with Crippen molar-refractivity contribution in [3.05, 3.63) is 94.8 Å². The lowest BCUT2D eigenvalue weighted by atomic mass is 9.98. The summed E-state index contributed by atoms with van der Waals surface area (Å²) in [7, 11) is 0. The summed E-state index contributed by atoms with van der Waals surface area (Å²) in [6, 6.07) is 20.2. The standard InChI is InChI=1S/C21H18N4OS/c22-13-17(21(24)27-19-7-2-1-6-18(19)23)15-4-3-5-16(12-15)20(26)14-8-10-25-11-9-14/h1-12,20,26H,23-24H2. The van der Waals surface area contributed by atoms with E-state index >= 15 is 0 Å². The Balaban J connectivity index is 1.94. The number of nitriles is 1. The summed E-state index contributed by atoms with van der Waals surface area (Å²) >= 11 is 1.25. The molecule has 3 rings (SSSR count). The summed E-state index contributed by atoms with van der Waals surface area (Å²) < 4.78 is 0. The molecule has 5 N–H and O–H groups in total. The van der Waals surface area contributed by atoms with Crippen LogP contribution in [0, 0.1) is 11.3 Å². The number of nitrogens with two attached hydrogens (primary N) is 2. The minimum absolute atomic E-state index is 0.340. The van der Waals surface area contributed by atoms with E-state index in [9.17, 15) is 10.4 Å². The maximum absolute atomic E-state index is 10.6. The Kier molecular flexibility index (Phi) is 5.77. The molecule has 0 aliphatic rings. The molecule has 0 saturated heterocycles. The minimum Gasteiger partial charge on any atom is -0.398 e. The Morgan fingerprint density at radius 3 is 2.48 bits per heavy atom. The highest BCUT2D eigenvalue weighted by Crippen LogP contribution is 2.33. The summed E-state index contributed by atoms with van der Waals surface area (Å²) in [5.74, 6) is 0. The maximum Gasteiger partial charge on any atom is 0.104 e. The second-order valence-electron chi connectivity index (χ2n) is 5.80. The summed E-state index contributed by atoms with van der Waals surface area (Å²) in [5, 5.41) is 20.6. The van der Waals surface area contributed by atoms with E-state index in [1.165, 1.54) is 11.8 Å². The van der Waals surface area contributed by atoms with Gasteiger partial charge in [0.25, 0.3) is 0 Å². The molecule has 1 unspecified atom stereocenters. The molecule has 5 nitrogen and oxygen atoms in total. The van der Waals surface area contributed by atoms with Crippen LogP contribution in [0.1, 0.15) is 22.8 Å². The van der Waals surface area contributed by atoms with Crippen LogP contribution < -0.4 is 11.5 Å². The topological polar surface area (TPSA) is 109 Å². The van der Waals surface area contributed by atoms with Crippen LogP contribution in [0.3, 0.4) is 0 Å². The number of aliphatic hydroxyl groups is 1. The van der Waals surface area contributed by atoms with Crippen LogP contribution in [0.5, 0.6) is 0 Å². The average molecular weight is 374 g/mol. The van der Waals surface area contributed by atoms with Crippen molar-refractivity contribution in [2.45, 2.75) is 11.0 Å². The number of allylic oxidation sites excluding steroid dienone is 1. The number of thioether (sulfide) groups is 1. The molecule has 27 heavy (non-hydrogen) atoms. The van der Waals surface area contributed by atoms with Crippen LogP contribution in [0.2, 0.25) is 0 Å². The van der Waals surface area contributed by atoms with Gasteiger partial charge in [-0.1, -0.05) is 42.1 Å². The van der Waals surface area contributed by atoms with Gasteiger partial charge in [-0.05, 0) is 47.0 Å². The number of hydrogen-bond acceptors (Lipinski definition) is 6. The number of hydrogen-bond donors (Lipinski definition) is 3. The lowest BCUT2D eigenvalue weighted by Crippen LogP contribution is -2.02. The predicted octanol–water partition coefficient (Wildman–Crippen LogP) is 3.69. The van der Waals surface area contributed by atoms with Gasteiger partial charge in [0.2, 0.25) is 0 Å². The Labute approximate surface area is 162 Å². The lowest BCUT2D eigenvalue weighted by Gasteiger charge is -2.13. The molecule has 0 fully saturated rings. The highest BCUT2D eigenvalue weighted by atomic mass is 32.2. The molecule has 0 radical (unpaired) electrons. The van der Waals surface area contributed by atoms with Crippen molar-refractivity contribution < 1.29 is 5.11 Å². The van der Waals surface area contributed by atoms with Gasteiger partial charge in [-0.3, -0.25) is 4.98 Å². The molecule has 1 heterocycles. The van der Waals surface area contributed by atoms with E-state index in [-0.39, 0.29) is 0 Å². The third kappa shape index (κ3) is 4.29. The van der Waals surface area contributed by atoms with Crippen molar-refractivity contribution in [2.24, 2.45) is 5.73 Å². The van der Waals surface area contributed by atoms with Crippen LogP contribution in [0.4, 0.5) is 5.69 Å². The number of aliphatic hydroxyl groups excluding tert-OH is 1. The van der Waals surface area contributed by atoms with Gasteiger partial charge in [0.15, 0.2) is 0 Å². The van der Waals surface area contributed by atoms with Crippen molar-refractivity contribution in [3.63, 3.8) is 0 Å². The molecule has 1 atom stereocenters. The number of anilines is 1. The zero-order chi connectivity index (χ0) is 19.2. The number of rotatable bonds is 5. The average Bonchev–Trinajstić information content (AvgIpc) is 2.70. The van der Waals surface area contributed by atoms with Gasteiger partial charge < -0.3 is 16.6 Å². The molecule has 0 bridgehead atoms. The van der Waals surface area contributed by atoms with Crippen LogP contribution in [0.15, 0.2) is 83.0 Å². The number of benzene rings is 2. The first kappa shape index (κ1) is 18.5. The number of pyridine rings is 1. The fourth-order valence-corrected chi connectivity index (χ4v) is 3.44. The fraction of sp³-hybridized carbons (Fsp3) is 0.0476. The molecule has 134 valence electrons. The molecule has 1 aromatic heterocycles. The zero-order valence-electron chi connectivity index (χ0n) is 14.4. The van der Waals surface area contributed by atoms with Gasteiger partial charge >= 0.3 is 0 Å². The van der Waals surface area contributed by atoms with Crippen molar-refractivity contribution in [3.8, 4) is 6.07 Å². The summed E-state index contributed by atoms with van der Waals surface area (Å²) in [5.41, 5.74) is 15.1. The number of aromatic nitrogens is 1. The molecule has 0 aliphatic carbocycles. The van der Waals surface area contributed by atoms with Gasteiger partial charge in [-0.15, -0.1) is 0 Å². The lowest BCUT2D eigenvalue weighted by molar-refractivity contribution is 0.220. The third-order valence-electron chi connectivity index (χ3n) is 4.01. The van der Waals surface area contributed by atoms with E-state index in [0.29, 0.717) is 27.4 Å².